The molecule has 0 fully saturated rings. The number of hydrogen-bond acceptors (Lipinski definition) is 4. The first-order valence-electron chi connectivity index (χ1n) is 6.44. The summed E-state index contributed by atoms with van der Waals surface area (Å²) < 4.78 is 4.90. The van der Waals surface area contributed by atoms with Gasteiger partial charge in [-0.1, -0.05) is 37.6 Å². The number of carbonyl (C=O) groups is 2. The number of amides is 1. The monoisotopic (exact) mass is 308 g/mol. The van der Waals surface area contributed by atoms with Crippen molar-refractivity contribution in [2.24, 2.45) is 5.92 Å². The van der Waals surface area contributed by atoms with E-state index >= 15 is 0 Å². The predicted octanol–water partition coefficient (Wildman–Crippen LogP) is 2.55. The van der Waals surface area contributed by atoms with Gasteiger partial charge in [-0.05, 0) is 25.0 Å². The van der Waals surface area contributed by atoms with E-state index in [9.17, 15) is 9.59 Å². The van der Waals surface area contributed by atoms with Gasteiger partial charge in [0.05, 0.1) is 16.7 Å². The van der Waals surface area contributed by atoms with Gasteiger partial charge in [0.1, 0.15) is 5.54 Å². The zero-order valence-corrected chi connectivity index (χ0v) is 12.9. The molecule has 0 bridgehead atoms. The van der Waals surface area contributed by atoms with Crippen molar-refractivity contribution in [3.63, 3.8) is 0 Å². The maximum Gasteiger partial charge on any atom is 0.340 e. The Morgan fingerprint density at radius 1 is 1.43 bits per heavy atom. The average molecular weight is 309 g/mol. The molecule has 1 amide bonds. The van der Waals surface area contributed by atoms with Gasteiger partial charge in [-0.25, -0.2) is 4.79 Å². The van der Waals surface area contributed by atoms with Crippen molar-refractivity contribution < 1.29 is 14.3 Å². The lowest BCUT2D eigenvalue weighted by Crippen LogP contribution is -2.50. The first kappa shape index (κ1) is 17.0. The average Bonchev–Trinajstić information content (AvgIpc) is 2.44. The highest BCUT2D eigenvalue weighted by molar-refractivity contribution is 6.33. The number of carbonyl (C=O) groups excluding carboxylic acids is 2. The molecule has 0 radical (unpaired) electrons. The molecule has 112 valence electrons. The van der Waals surface area contributed by atoms with Crippen molar-refractivity contribution in [3.05, 3.63) is 34.9 Å². The Hall–Kier alpha value is -2.06. The van der Waals surface area contributed by atoms with Crippen molar-refractivity contribution in [3.8, 4) is 6.07 Å². The Kier molecular flexibility index (Phi) is 5.74. The van der Waals surface area contributed by atoms with E-state index in [4.69, 9.17) is 21.6 Å². The van der Waals surface area contributed by atoms with Gasteiger partial charge in [0.15, 0.2) is 6.61 Å². The molecule has 0 heterocycles. The summed E-state index contributed by atoms with van der Waals surface area (Å²) in [5.74, 6) is -1.29. The van der Waals surface area contributed by atoms with Crippen LogP contribution in [-0.2, 0) is 9.53 Å². The van der Waals surface area contributed by atoms with Crippen molar-refractivity contribution in [1.29, 1.82) is 5.26 Å². The molecule has 1 atom stereocenters. The second-order valence-electron chi connectivity index (χ2n) is 5.07. The normalized spacial score (nSPS) is 13.1. The van der Waals surface area contributed by atoms with Crippen LogP contribution in [0.15, 0.2) is 24.3 Å². The molecular formula is C15H17ClN2O3. The van der Waals surface area contributed by atoms with Gasteiger partial charge in [0.2, 0.25) is 0 Å². The summed E-state index contributed by atoms with van der Waals surface area (Å²) in [7, 11) is 0. The molecule has 0 aromatic heterocycles. The molecule has 0 saturated carbocycles. The molecular weight excluding hydrogens is 292 g/mol. The largest absolute Gasteiger partial charge is 0.452 e. The molecule has 0 aliphatic heterocycles. The third-order valence-electron chi connectivity index (χ3n) is 3.21. The quantitative estimate of drug-likeness (QED) is 0.848. The van der Waals surface area contributed by atoms with Crippen molar-refractivity contribution in [2.75, 3.05) is 6.61 Å². The lowest BCUT2D eigenvalue weighted by Gasteiger charge is -2.27. The maximum absolute atomic E-state index is 11.8. The van der Waals surface area contributed by atoms with Crippen LogP contribution in [0.3, 0.4) is 0 Å². The number of hydrogen-bond donors (Lipinski definition) is 1. The van der Waals surface area contributed by atoms with E-state index in [2.05, 4.69) is 5.32 Å². The first-order valence-corrected chi connectivity index (χ1v) is 6.82. The number of benzene rings is 1. The van der Waals surface area contributed by atoms with Crippen LogP contribution >= 0.6 is 11.6 Å². The summed E-state index contributed by atoms with van der Waals surface area (Å²) in [6.07, 6.45) is 0. The van der Waals surface area contributed by atoms with E-state index < -0.39 is 24.0 Å². The fourth-order valence-corrected chi connectivity index (χ4v) is 1.68. The summed E-state index contributed by atoms with van der Waals surface area (Å²) in [5.41, 5.74) is -0.813. The molecule has 1 rings (SSSR count). The Balaban J connectivity index is 2.60. The van der Waals surface area contributed by atoms with Crippen molar-refractivity contribution in [1.82, 2.24) is 5.32 Å². The van der Waals surface area contributed by atoms with Crippen LogP contribution in [0.25, 0.3) is 0 Å². The van der Waals surface area contributed by atoms with Gasteiger partial charge >= 0.3 is 5.97 Å². The smallest absolute Gasteiger partial charge is 0.340 e. The van der Waals surface area contributed by atoms with Crippen LogP contribution in [0.2, 0.25) is 5.02 Å². The van der Waals surface area contributed by atoms with E-state index in [0.717, 1.165) is 0 Å². The lowest BCUT2D eigenvalue weighted by molar-refractivity contribution is -0.125. The van der Waals surface area contributed by atoms with Crippen LogP contribution in [0, 0.1) is 17.2 Å². The molecule has 5 nitrogen and oxygen atoms in total. The van der Waals surface area contributed by atoms with Crippen molar-refractivity contribution >= 4 is 23.5 Å². The number of nitriles is 1. The fraction of sp³-hybridized carbons (Fsp3) is 0.400. The molecule has 0 unspecified atom stereocenters. The molecule has 0 aliphatic carbocycles. The van der Waals surface area contributed by atoms with Gasteiger partial charge in [-0.2, -0.15) is 5.26 Å². The number of nitrogens with zero attached hydrogens (tertiary/aromatic N) is 1. The summed E-state index contributed by atoms with van der Waals surface area (Å²) in [6.45, 7) is 4.79. The Morgan fingerprint density at radius 2 is 2.05 bits per heavy atom. The van der Waals surface area contributed by atoms with Gasteiger partial charge < -0.3 is 10.1 Å². The highest BCUT2D eigenvalue weighted by Crippen LogP contribution is 2.16. The Morgan fingerprint density at radius 3 is 2.57 bits per heavy atom. The third-order valence-corrected chi connectivity index (χ3v) is 3.54. The minimum atomic E-state index is -1.01. The first-order chi connectivity index (χ1) is 9.80. The molecule has 0 spiro atoms. The predicted molar refractivity (Wildman–Crippen MR) is 78.7 cm³/mol. The second kappa shape index (κ2) is 7.09. The van der Waals surface area contributed by atoms with Gasteiger partial charge in [-0.15, -0.1) is 0 Å². The van der Waals surface area contributed by atoms with Crippen LogP contribution in [-0.4, -0.2) is 24.0 Å². The zero-order chi connectivity index (χ0) is 16.0. The van der Waals surface area contributed by atoms with Gasteiger partial charge in [-0.3, -0.25) is 4.79 Å². The fourth-order valence-electron chi connectivity index (χ4n) is 1.46. The van der Waals surface area contributed by atoms with E-state index in [1.54, 1.807) is 25.1 Å². The minimum absolute atomic E-state index is 0.0780. The molecule has 0 saturated heterocycles. The number of halogens is 1. The van der Waals surface area contributed by atoms with E-state index in [-0.39, 0.29) is 16.5 Å². The molecule has 6 heteroatoms. The summed E-state index contributed by atoms with van der Waals surface area (Å²) >= 11 is 5.86. The summed E-state index contributed by atoms with van der Waals surface area (Å²) in [4.78, 5) is 23.6. The van der Waals surface area contributed by atoms with Crippen molar-refractivity contribution in [2.45, 2.75) is 26.3 Å². The van der Waals surface area contributed by atoms with Crippen LogP contribution in [0.5, 0.6) is 0 Å². The molecule has 0 aliphatic rings. The van der Waals surface area contributed by atoms with Crippen LogP contribution in [0.1, 0.15) is 31.1 Å². The van der Waals surface area contributed by atoms with E-state index in [1.807, 2.05) is 19.9 Å². The third kappa shape index (κ3) is 4.47. The van der Waals surface area contributed by atoms with Gasteiger partial charge in [0, 0.05) is 0 Å². The number of ether oxygens (including phenoxy) is 1. The van der Waals surface area contributed by atoms with E-state index in [0.29, 0.717) is 0 Å². The van der Waals surface area contributed by atoms with E-state index in [1.165, 1.54) is 6.07 Å². The highest BCUT2D eigenvalue weighted by Gasteiger charge is 2.30. The maximum atomic E-state index is 11.8. The molecule has 21 heavy (non-hydrogen) atoms. The Bertz CT molecular complexity index is 581. The standard InChI is InChI=1S/C15H17ClN2O3/c1-10(2)15(3,9-17)18-13(19)8-21-14(20)11-6-4-5-7-12(11)16/h4-7,10H,8H2,1-3H3,(H,18,19)/t15-/m0/s1. The summed E-state index contributed by atoms with van der Waals surface area (Å²) in [6, 6.07) is 8.45. The molecule has 1 N–H and O–H groups in total. The number of nitrogens with one attached hydrogen (secondary N) is 1. The minimum Gasteiger partial charge on any atom is -0.452 e. The topological polar surface area (TPSA) is 79.2 Å². The van der Waals surface area contributed by atoms with Crippen LogP contribution in [0.4, 0.5) is 0 Å². The summed E-state index contributed by atoms with van der Waals surface area (Å²) in [5, 5.41) is 11.9. The Labute approximate surface area is 128 Å². The number of esters is 1. The molecule has 1 aromatic rings. The van der Waals surface area contributed by atoms with Crippen LogP contribution < -0.4 is 5.32 Å². The molecule has 1 aromatic carbocycles. The lowest BCUT2D eigenvalue weighted by atomic mass is 9.90. The number of rotatable bonds is 5. The second-order valence-corrected chi connectivity index (χ2v) is 5.48. The highest BCUT2D eigenvalue weighted by atomic mass is 35.5. The zero-order valence-electron chi connectivity index (χ0n) is 12.1. The SMILES string of the molecule is CC(C)[C@](C)(C#N)NC(=O)COC(=O)c1ccccc1Cl. The van der Waals surface area contributed by atoms with Gasteiger partial charge in [0.25, 0.3) is 5.91 Å².